The second kappa shape index (κ2) is 4.18. The van der Waals surface area contributed by atoms with E-state index in [2.05, 4.69) is 17.1 Å². The molecule has 2 N–H and O–H groups in total. The molecule has 0 aliphatic rings. The van der Waals surface area contributed by atoms with Crippen LogP contribution in [0.4, 0.5) is 5.82 Å². The molecule has 3 heteroatoms. The third-order valence-corrected chi connectivity index (χ3v) is 3.08. The normalized spacial score (nSPS) is 10.9. The molecule has 0 saturated heterocycles. The van der Waals surface area contributed by atoms with E-state index in [1.807, 2.05) is 31.2 Å². The summed E-state index contributed by atoms with van der Waals surface area (Å²) in [7, 11) is 0. The summed E-state index contributed by atoms with van der Waals surface area (Å²) >= 11 is 0. The van der Waals surface area contributed by atoms with Crippen molar-refractivity contribution < 1.29 is 4.42 Å². The van der Waals surface area contributed by atoms with Gasteiger partial charge < -0.3 is 10.2 Å². The molecule has 0 fully saturated rings. The highest BCUT2D eigenvalue weighted by Gasteiger charge is 2.08. The summed E-state index contributed by atoms with van der Waals surface area (Å²) in [6.07, 6.45) is 2.37. The topological polar surface area (TPSA) is 52.0 Å². The molecule has 0 unspecified atom stereocenters. The SMILES string of the molecule is Cc1cccc2cc(Cc3cccnc3N)oc12. The van der Waals surface area contributed by atoms with E-state index in [0.717, 1.165) is 27.9 Å². The van der Waals surface area contributed by atoms with Crippen molar-refractivity contribution in [2.75, 3.05) is 5.73 Å². The van der Waals surface area contributed by atoms with Gasteiger partial charge >= 0.3 is 0 Å². The van der Waals surface area contributed by atoms with E-state index in [-0.39, 0.29) is 0 Å². The molecule has 1 aromatic carbocycles. The number of para-hydroxylation sites is 1. The predicted octanol–water partition coefficient (Wildman–Crippen LogP) is 3.31. The van der Waals surface area contributed by atoms with Crippen LogP contribution in [0, 0.1) is 6.92 Å². The zero-order valence-electron chi connectivity index (χ0n) is 10.2. The number of fused-ring (bicyclic) bond motifs is 1. The smallest absolute Gasteiger partial charge is 0.137 e. The number of aryl methyl sites for hydroxylation is 1. The van der Waals surface area contributed by atoms with Crippen LogP contribution >= 0.6 is 0 Å². The molecule has 90 valence electrons. The minimum absolute atomic E-state index is 0.565. The largest absolute Gasteiger partial charge is 0.460 e. The Hall–Kier alpha value is -2.29. The lowest BCUT2D eigenvalue weighted by molar-refractivity contribution is 0.561. The highest BCUT2D eigenvalue weighted by Crippen LogP contribution is 2.24. The summed E-state index contributed by atoms with van der Waals surface area (Å²) in [6.45, 7) is 2.05. The lowest BCUT2D eigenvalue weighted by atomic mass is 10.1. The second-order valence-corrected chi connectivity index (χ2v) is 4.43. The zero-order valence-corrected chi connectivity index (χ0v) is 10.2. The number of nitrogen functional groups attached to an aromatic ring is 1. The highest BCUT2D eigenvalue weighted by atomic mass is 16.3. The molecule has 0 radical (unpaired) electrons. The van der Waals surface area contributed by atoms with Crippen LogP contribution in [-0.4, -0.2) is 4.98 Å². The Morgan fingerprint density at radius 2 is 2.11 bits per heavy atom. The van der Waals surface area contributed by atoms with Crippen LogP contribution in [0.5, 0.6) is 0 Å². The van der Waals surface area contributed by atoms with Gasteiger partial charge in [-0.2, -0.15) is 0 Å². The van der Waals surface area contributed by atoms with Gasteiger partial charge in [-0.05, 0) is 24.6 Å². The lowest BCUT2D eigenvalue weighted by Gasteiger charge is -2.01. The Labute approximate surface area is 105 Å². The standard InChI is InChI=1S/C15H14N2O/c1-10-4-2-5-11-8-13(18-14(10)11)9-12-6-3-7-17-15(12)16/h2-8H,9H2,1H3,(H2,16,17). The van der Waals surface area contributed by atoms with E-state index < -0.39 is 0 Å². The van der Waals surface area contributed by atoms with Crippen molar-refractivity contribution in [3.63, 3.8) is 0 Å². The van der Waals surface area contributed by atoms with Gasteiger partial charge in [0.1, 0.15) is 17.2 Å². The number of anilines is 1. The number of rotatable bonds is 2. The molecule has 3 nitrogen and oxygen atoms in total. The van der Waals surface area contributed by atoms with E-state index in [9.17, 15) is 0 Å². The van der Waals surface area contributed by atoms with Crippen molar-refractivity contribution in [3.05, 3.63) is 59.5 Å². The third-order valence-electron chi connectivity index (χ3n) is 3.08. The monoisotopic (exact) mass is 238 g/mol. The van der Waals surface area contributed by atoms with Crippen LogP contribution in [0.2, 0.25) is 0 Å². The molecule has 0 bridgehead atoms. The zero-order chi connectivity index (χ0) is 12.5. The minimum atomic E-state index is 0.565. The van der Waals surface area contributed by atoms with Gasteiger partial charge in [-0.3, -0.25) is 0 Å². The van der Waals surface area contributed by atoms with Crippen molar-refractivity contribution >= 4 is 16.8 Å². The van der Waals surface area contributed by atoms with Crippen molar-refractivity contribution in [1.29, 1.82) is 0 Å². The Kier molecular flexibility index (Phi) is 2.52. The molecule has 0 spiro atoms. The number of nitrogens with zero attached hydrogens (tertiary/aromatic N) is 1. The van der Waals surface area contributed by atoms with E-state index >= 15 is 0 Å². The van der Waals surface area contributed by atoms with Gasteiger partial charge in [0.05, 0.1) is 0 Å². The first-order chi connectivity index (χ1) is 8.74. The summed E-state index contributed by atoms with van der Waals surface area (Å²) < 4.78 is 5.87. The summed E-state index contributed by atoms with van der Waals surface area (Å²) in [5, 5.41) is 1.13. The molecule has 3 rings (SSSR count). The fourth-order valence-corrected chi connectivity index (χ4v) is 2.14. The van der Waals surface area contributed by atoms with Crippen molar-refractivity contribution in [2.45, 2.75) is 13.3 Å². The molecule has 0 saturated carbocycles. The van der Waals surface area contributed by atoms with Gasteiger partial charge in [-0.15, -0.1) is 0 Å². The molecule has 0 amide bonds. The van der Waals surface area contributed by atoms with Crippen LogP contribution in [0.1, 0.15) is 16.9 Å². The number of furan rings is 1. The maximum Gasteiger partial charge on any atom is 0.137 e. The van der Waals surface area contributed by atoms with Crippen LogP contribution < -0.4 is 5.73 Å². The second-order valence-electron chi connectivity index (χ2n) is 4.43. The average molecular weight is 238 g/mol. The summed E-state index contributed by atoms with van der Waals surface area (Å²) in [6, 6.07) is 12.1. The summed E-state index contributed by atoms with van der Waals surface area (Å²) in [5.74, 6) is 1.48. The highest BCUT2D eigenvalue weighted by molar-refractivity contribution is 5.81. The average Bonchev–Trinajstić information content (AvgIpc) is 2.76. The fourth-order valence-electron chi connectivity index (χ4n) is 2.14. The fraction of sp³-hybridized carbons (Fsp3) is 0.133. The van der Waals surface area contributed by atoms with Crippen molar-refractivity contribution in [1.82, 2.24) is 4.98 Å². The minimum Gasteiger partial charge on any atom is -0.460 e. The Bertz CT molecular complexity index is 701. The van der Waals surface area contributed by atoms with Gasteiger partial charge in [0, 0.05) is 23.6 Å². The Balaban J connectivity index is 2.01. The van der Waals surface area contributed by atoms with E-state index in [0.29, 0.717) is 12.2 Å². The van der Waals surface area contributed by atoms with Crippen LogP contribution in [0.15, 0.2) is 47.0 Å². The number of hydrogen-bond donors (Lipinski definition) is 1. The molecular weight excluding hydrogens is 224 g/mol. The van der Waals surface area contributed by atoms with Gasteiger partial charge in [0.2, 0.25) is 0 Å². The first-order valence-corrected chi connectivity index (χ1v) is 5.91. The number of benzene rings is 1. The molecule has 2 heterocycles. The lowest BCUT2D eigenvalue weighted by Crippen LogP contribution is -1.97. The van der Waals surface area contributed by atoms with Crippen molar-refractivity contribution in [2.24, 2.45) is 0 Å². The molecule has 18 heavy (non-hydrogen) atoms. The van der Waals surface area contributed by atoms with Gasteiger partial charge in [0.25, 0.3) is 0 Å². The quantitative estimate of drug-likeness (QED) is 0.745. The number of hydrogen-bond acceptors (Lipinski definition) is 3. The predicted molar refractivity (Wildman–Crippen MR) is 72.4 cm³/mol. The summed E-state index contributed by atoms with van der Waals surface area (Å²) in [5.41, 5.74) is 8.94. The van der Waals surface area contributed by atoms with E-state index in [4.69, 9.17) is 10.2 Å². The van der Waals surface area contributed by atoms with Gasteiger partial charge in [-0.1, -0.05) is 24.3 Å². The third kappa shape index (κ3) is 1.84. The maximum atomic E-state index is 5.87. The Morgan fingerprint density at radius 3 is 2.89 bits per heavy atom. The van der Waals surface area contributed by atoms with Crippen LogP contribution in [0.3, 0.4) is 0 Å². The van der Waals surface area contributed by atoms with E-state index in [1.165, 1.54) is 0 Å². The van der Waals surface area contributed by atoms with Crippen LogP contribution in [-0.2, 0) is 6.42 Å². The number of nitrogens with two attached hydrogens (primary N) is 1. The van der Waals surface area contributed by atoms with E-state index in [1.54, 1.807) is 6.20 Å². The van der Waals surface area contributed by atoms with Crippen molar-refractivity contribution in [3.8, 4) is 0 Å². The van der Waals surface area contributed by atoms with Gasteiger partial charge in [0.15, 0.2) is 0 Å². The first-order valence-electron chi connectivity index (χ1n) is 5.91. The first kappa shape index (κ1) is 10.8. The Morgan fingerprint density at radius 1 is 1.22 bits per heavy atom. The molecule has 2 aromatic heterocycles. The van der Waals surface area contributed by atoms with Gasteiger partial charge in [-0.25, -0.2) is 4.98 Å². The molecule has 0 atom stereocenters. The molecule has 3 aromatic rings. The number of aromatic nitrogens is 1. The van der Waals surface area contributed by atoms with Crippen LogP contribution in [0.25, 0.3) is 11.0 Å². The number of pyridine rings is 1. The molecular formula is C15H14N2O. The molecule has 0 aliphatic heterocycles. The molecule has 0 aliphatic carbocycles. The maximum absolute atomic E-state index is 5.87. The summed E-state index contributed by atoms with van der Waals surface area (Å²) in [4.78, 5) is 4.08.